The molecule has 0 saturated carbocycles. The first-order valence-electron chi connectivity index (χ1n) is 10.2. The van der Waals surface area contributed by atoms with Crippen LogP contribution in [0.4, 0.5) is 18.9 Å². The van der Waals surface area contributed by atoms with E-state index in [0.29, 0.717) is 24.4 Å². The third-order valence-corrected chi connectivity index (χ3v) is 5.48. The molecule has 32 heavy (non-hydrogen) atoms. The molecule has 3 aromatic rings. The van der Waals surface area contributed by atoms with Crippen molar-refractivity contribution >= 4 is 23.2 Å². The number of likely N-dealkylation sites (N-methyl/N-ethyl adjacent to an activating group) is 1. The topological polar surface area (TPSA) is 32.3 Å². The van der Waals surface area contributed by atoms with Crippen LogP contribution in [0.1, 0.15) is 29.2 Å². The number of rotatable bonds is 8. The second-order valence-corrected chi connectivity index (χ2v) is 7.83. The number of aryl methyl sites for hydroxylation is 1. The molecule has 0 bridgehead atoms. The fraction of sp³-hybridized carbons (Fsp3) is 0.240. The second kappa shape index (κ2) is 10.6. The van der Waals surface area contributed by atoms with Gasteiger partial charge in [-0.2, -0.15) is 13.2 Å². The number of hydrogen-bond acceptors (Lipinski definition) is 2. The van der Waals surface area contributed by atoms with Crippen molar-refractivity contribution in [1.29, 1.82) is 0 Å². The van der Waals surface area contributed by atoms with Gasteiger partial charge < -0.3 is 10.2 Å². The van der Waals surface area contributed by atoms with Crippen LogP contribution in [0.5, 0.6) is 0 Å². The Balaban J connectivity index is 1.83. The number of nitrogens with one attached hydrogen (secondary N) is 1. The largest absolute Gasteiger partial charge is 0.416 e. The van der Waals surface area contributed by atoms with Crippen LogP contribution in [0.3, 0.4) is 0 Å². The molecule has 0 aliphatic rings. The Hall–Kier alpha value is -2.99. The first kappa shape index (κ1) is 23.7. The Bertz CT molecular complexity index is 1010. The summed E-state index contributed by atoms with van der Waals surface area (Å²) in [6, 6.07) is 21.4. The van der Waals surface area contributed by atoms with Gasteiger partial charge in [-0.1, -0.05) is 54.1 Å². The number of benzene rings is 3. The first-order valence-corrected chi connectivity index (χ1v) is 10.6. The van der Waals surface area contributed by atoms with Gasteiger partial charge in [0.2, 0.25) is 5.91 Å². The molecule has 3 nitrogen and oxygen atoms in total. The highest BCUT2D eigenvalue weighted by molar-refractivity contribution is 6.30. The van der Waals surface area contributed by atoms with Gasteiger partial charge in [-0.05, 0) is 60.4 Å². The molecule has 0 spiro atoms. The summed E-state index contributed by atoms with van der Waals surface area (Å²) < 4.78 is 38.4. The minimum absolute atomic E-state index is 0.152. The highest BCUT2D eigenvalue weighted by Gasteiger charge is 2.30. The molecule has 0 saturated heterocycles. The molecule has 0 heterocycles. The lowest BCUT2D eigenvalue weighted by atomic mass is 10.0. The third-order valence-electron chi connectivity index (χ3n) is 5.23. The molecule has 0 aliphatic heterocycles. The normalized spacial score (nSPS) is 12.3. The van der Waals surface area contributed by atoms with Crippen molar-refractivity contribution in [2.75, 3.05) is 18.5 Å². The summed E-state index contributed by atoms with van der Waals surface area (Å²) >= 11 is 6.05. The number of amides is 1. The minimum atomic E-state index is -4.35. The van der Waals surface area contributed by atoms with E-state index in [0.717, 1.165) is 28.9 Å². The van der Waals surface area contributed by atoms with Crippen molar-refractivity contribution in [2.45, 2.75) is 25.1 Å². The molecule has 0 radical (unpaired) electrons. The maximum absolute atomic E-state index is 12.9. The Morgan fingerprint density at radius 1 is 0.969 bits per heavy atom. The first-order chi connectivity index (χ1) is 15.3. The molecule has 1 atom stereocenters. The SMILES string of the molecule is CNC(=O)C(c1ccccc1)N(CCCc1ccc(C(F)(F)F)cc1)c1ccc(Cl)cc1. The lowest BCUT2D eigenvalue weighted by Gasteiger charge is -2.33. The van der Waals surface area contributed by atoms with Crippen molar-refractivity contribution in [3.8, 4) is 0 Å². The number of nitrogens with zero attached hydrogens (tertiary/aromatic N) is 1. The van der Waals surface area contributed by atoms with E-state index >= 15 is 0 Å². The van der Waals surface area contributed by atoms with Crippen molar-refractivity contribution in [1.82, 2.24) is 5.32 Å². The van der Waals surface area contributed by atoms with Crippen LogP contribution in [-0.4, -0.2) is 19.5 Å². The molecule has 1 amide bonds. The van der Waals surface area contributed by atoms with Crippen LogP contribution in [0.2, 0.25) is 5.02 Å². The molecule has 7 heteroatoms. The maximum Gasteiger partial charge on any atom is 0.416 e. The average Bonchev–Trinajstić information content (AvgIpc) is 2.79. The summed E-state index contributed by atoms with van der Waals surface area (Å²) in [5, 5.41) is 3.33. The van der Waals surface area contributed by atoms with Crippen molar-refractivity contribution < 1.29 is 18.0 Å². The highest BCUT2D eigenvalue weighted by atomic mass is 35.5. The molecule has 3 aromatic carbocycles. The zero-order valence-electron chi connectivity index (χ0n) is 17.6. The van der Waals surface area contributed by atoms with Gasteiger partial charge in [0.05, 0.1) is 5.56 Å². The summed E-state index contributed by atoms with van der Waals surface area (Å²) in [5.74, 6) is -0.152. The standard InChI is InChI=1S/C25H24ClF3N2O/c1-30-24(32)23(19-7-3-2-4-8-19)31(22-15-13-21(26)14-16-22)17-5-6-18-9-11-20(12-10-18)25(27,28)29/h2-4,7-16,23H,5-6,17H2,1H3,(H,30,32). The summed E-state index contributed by atoms with van der Waals surface area (Å²) in [6.07, 6.45) is -3.12. The van der Waals surface area contributed by atoms with Gasteiger partial charge in [0, 0.05) is 24.3 Å². The third kappa shape index (κ3) is 6.04. The molecule has 0 fully saturated rings. The fourth-order valence-electron chi connectivity index (χ4n) is 3.60. The molecular formula is C25H24ClF3N2O. The predicted molar refractivity (Wildman–Crippen MR) is 122 cm³/mol. The van der Waals surface area contributed by atoms with E-state index in [1.807, 2.05) is 47.4 Å². The van der Waals surface area contributed by atoms with Crippen LogP contribution in [0.25, 0.3) is 0 Å². The summed E-state index contributed by atoms with van der Waals surface area (Å²) in [7, 11) is 1.60. The van der Waals surface area contributed by atoms with Gasteiger partial charge in [-0.25, -0.2) is 0 Å². The summed E-state index contributed by atoms with van der Waals surface area (Å²) in [4.78, 5) is 14.9. The average molecular weight is 461 g/mol. The van der Waals surface area contributed by atoms with Crippen molar-refractivity contribution in [3.05, 3.63) is 101 Å². The Labute approximate surface area is 190 Å². The van der Waals surface area contributed by atoms with Gasteiger partial charge in [0.15, 0.2) is 0 Å². The number of alkyl halides is 3. The molecule has 3 rings (SSSR count). The summed E-state index contributed by atoms with van der Waals surface area (Å²) in [6.45, 7) is 0.523. The quantitative estimate of drug-likeness (QED) is 0.428. The smallest absolute Gasteiger partial charge is 0.357 e. The molecule has 168 valence electrons. The van der Waals surface area contributed by atoms with Gasteiger partial charge >= 0.3 is 6.18 Å². The maximum atomic E-state index is 12.9. The number of anilines is 1. The van der Waals surface area contributed by atoms with Crippen LogP contribution in [0, 0.1) is 0 Å². The van der Waals surface area contributed by atoms with Crippen LogP contribution < -0.4 is 10.2 Å². The van der Waals surface area contributed by atoms with E-state index in [9.17, 15) is 18.0 Å². The van der Waals surface area contributed by atoms with E-state index in [4.69, 9.17) is 11.6 Å². The Morgan fingerprint density at radius 2 is 1.59 bits per heavy atom. The monoisotopic (exact) mass is 460 g/mol. The lowest BCUT2D eigenvalue weighted by molar-refractivity contribution is -0.137. The van der Waals surface area contributed by atoms with Gasteiger partial charge in [0.1, 0.15) is 6.04 Å². The molecular weight excluding hydrogens is 437 g/mol. The van der Waals surface area contributed by atoms with Crippen molar-refractivity contribution in [3.63, 3.8) is 0 Å². The van der Waals surface area contributed by atoms with Crippen LogP contribution in [0.15, 0.2) is 78.9 Å². The molecule has 0 aliphatic carbocycles. The minimum Gasteiger partial charge on any atom is -0.357 e. The fourth-order valence-corrected chi connectivity index (χ4v) is 3.72. The van der Waals surface area contributed by atoms with E-state index in [-0.39, 0.29) is 5.91 Å². The van der Waals surface area contributed by atoms with Crippen LogP contribution in [-0.2, 0) is 17.4 Å². The van der Waals surface area contributed by atoms with E-state index in [2.05, 4.69) is 5.32 Å². The van der Waals surface area contributed by atoms with E-state index in [1.54, 1.807) is 19.2 Å². The second-order valence-electron chi connectivity index (χ2n) is 7.40. The lowest BCUT2D eigenvalue weighted by Crippen LogP contribution is -2.40. The Morgan fingerprint density at radius 3 is 2.16 bits per heavy atom. The van der Waals surface area contributed by atoms with Crippen molar-refractivity contribution in [2.24, 2.45) is 0 Å². The van der Waals surface area contributed by atoms with E-state index in [1.165, 1.54) is 12.1 Å². The predicted octanol–water partition coefficient (Wildman–Crippen LogP) is 6.29. The van der Waals surface area contributed by atoms with Crippen LogP contribution >= 0.6 is 11.6 Å². The Kier molecular flexibility index (Phi) is 7.80. The number of hydrogen-bond donors (Lipinski definition) is 1. The number of carbonyl (C=O) groups is 1. The van der Waals surface area contributed by atoms with Gasteiger partial charge in [-0.15, -0.1) is 0 Å². The summed E-state index contributed by atoms with van der Waals surface area (Å²) in [5.41, 5.74) is 1.83. The number of carbonyl (C=O) groups excluding carboxylic acids is 1. The van der Waals surface area contributed by atoms with Gasteiger partial charge in [-0.3, -0.25) is 4.79 Å². The zero-order valence-corrected chi connectivity index (χ0v) is 18.3. The highest BCUT2D eigenvalue weighted by Crippen LogP contribution is 2.31. The van der Waals surface area contributed by atoms with Gasteiger partial charge in [0.25, 0.3) is 0 Å². The zero-order chi connectivity index (χ0) is 23.1. The molecule has 1 unspecified atom stereocenters. The molecule has 1 N–H and O–H groups in total. The molecule has 0 aromatic heterocycles. The number of halogens is 4. The van der Waals surface area contributed by atoms with E-state index < -0.39 is 17.8 Å².